The minimum atomic E-state index is -1.37. The predicted molar refractivity (Wildman–Crippen MR) is 142 cm³/mol. The number of carboxylic acid groups (broad SMARTS) is 3. The normalized spacial score (nSPS) is 15.9. The van der Waals surface area contributed by atoms with Crippen molar-refractivity contribution in [3.8, 4) is 0 Å². The Labute approximate surface area is 219 Å². The Morgan fingerprint density at radius 2 is 1.03 bits per heavy atom. The Kier molecular flexibility index (Phi) is 19.1. The van der Waals surface area contributed by atoms with Gasteiger partial charge in [0.2, 0.25) is 0 Å². The van der Waals surface area contributed by atoms with Crippen molar-refractivity contribution in [3.05, 3.63) is 12.2 Å². The van der Waals surface area contributed by atoms with E-state index in [4.69, 9.17) is 0 Å². The molecule has 0 saturated heterocycles. The van der Waals surface area contributed by atoms with Gasteiger partial charge in [0.15, 0.2) is 12.1 Å². The van der Waals surface area contributed by atoms with Gasteiger partial charge >= 0.3 is 11.9 Å². The van der Waals surface area contributed by atoms with E-state index in [0.717, 1.165) is 32.1 Å². The fourth-order valence-electron chi connectivity index (χ4n) is 5.72. The van der Waals surface area contributed by atoms with Crippen LogP contribution in [-0.4, -0.2) is 57.3 Å². The van der Waals surface area contributed by atoms with E-state index in [-0.39, 0.29) is 25.8 Å². The van der Waals surface area contributed by atoms with Crippen molar-refractivity contribution in [2.45, 2.75) is 149 Å². The van der Waals surface area contributed by atoms with Crippen LogP contribution in [0.15, 0.2) is 12.2 Å². The molecule has 2 N–H and O–H groups in total. The van der Waals surface area contributed by atoms with Crippen LogP contribution in [0.3, 0.4) is 0 Å². The maximum atomic E-state index is 12.2. The maximum absolute atomic E-state index is 12.2. The van der Waals surface area contributed by atoms with Gasteiger partial charge in [-0.25, -0.2) is 9.59 Å². The second-order valence-electron chi connectivity index (χ2n) is 10.1. The van der Waals surface area contributed by atoms with E-state index in [1.165, 1.54) is 44.9 Å². The summed E-state index contributed by atoms with van der Waals surface area (Å²) in [5, 5.41) is 32.0. The summed E-state index contributed by atoms with van der Waals surface area (Å²) in [6, 6.07) is -3.39. The summed E-state index contributed by atoms with van der Waals surface area (Å²) < 4.78 is -0.477. The molecule has 0 spiro atoms. The molecule has 0 rings (SSSR count). The maximum Gasteiger partial charge on any atom is 0.362 e. The molecule has 210 valence electrons. The Hall–Kier alpha value is -1.89. The first-order valence-electron chi connectivity index (χ1n) is 14.4. The number of nitrogens with zero attached hydrogens (tertiary/aromatic N) is 1. The summed E-state index contributed by atoms with van der Waals surface area (Å²) in [4.78, 5) is 36.5. The number of aliphatic carboxylic acids is 3. The SMILES string of the molecule is CCCCCCCCC/C=C/CCCCCC[N+](C(CC)C(=O)[O-])(C(CC)C(=O)O)C(CC)C(=O)O. The monoisotopic (exact) mass is 511 g/mol. The van der Waals surface area contributed by atoms with Crippen LogP contribution < -0.4 is 5.11 Å². The largest absolute Gasteiger partial charge is 0.544 e. The molecule has 0 fully saturated rings. The van der Waals surface area contributed by atoms with E-state index in [1.807, 2.05) is 0 Å². The van der Waals surface area contributed by atoms with Crippen LogP contribution in [0.1, 0.15) is 130 Å². The van der Waals surface area contributed by atoms with Crippen LogP contribution in [-0.2, 0) is 14.4 Å². The molecule has 7 heteroatoms. The zero-order valence-electron chi connectivity index (χ0n) is 23.4. The van der Waals surface area contributed by atoms with Gasteiger partial charge in [0.05, 0.1) is 12.5 Å². The third-order valence-electron chi connectivity index (χ3n) is 7.55. The Morgan fingerprint density at radius 3 is 1.39 bits per heavy atom. The average Bonchev–Trinajstić information content (AvgIpc) is 2.82. The molecule has 0 saturated carbocycles. The molecule has 0 aromatic heterocycles. The number of carbonyl (C=O) groups is 3. The summed E-state index contributed by atoms with van der Waals surface area (Å²) >= 11 is 0. The first-order valence-corrected chi connectivity index (χ1v) is 14.4. The lowest BCUT2D eigenvalue weighted by Gasteiger charge is -2.51. The van der Waals surface area contributed by atoms with Gasteiger partial charge in [-0.15, -0.1) is 0 Å². The molecule has 0 amide bonds. The van der Waals surface area contributed by atoms with Crippen LogP contribution in [0, 0.1) is 0 Å². The highest BCUT2D eigenvalue weighted by Gasteiger charge is 2.53. The van der Waals surface area contributed by atoms with Crippen molar-refractivity contribution in [2.24, 2.45) is 0 Å². The fourth-order valence-corrected chi connectivity index (χ4v) is 5.72. The molecule has 0 aliphatic heterocycles. The van der Waals surface area contributed by atoms with E-state index in [9.17, 15) is 29.7 Å². The molecular weight excluding hydrogens is 458 g/mol. The molecular formula is C29H53NO6. The zero-order chi connectivity index (χ0) is 27.4. The summed E-state index contributed by atoms with van der Waals surface area (Å²) in [6.45, 7) is 7.46. The van der Waals surface area contributed by atoms with E-state index >= 15 is 0 Å². The molecule has 0 aromatic carbocycles. The van der Waals surface area contributed by atoms with E-state index in [0.29, 0.717) is 6.42 Å². The van der Waals surface area contributed by atoms with Crippen molar-refractivity contribution in [3.63, 3.8) is 0 Å². The number of carbonyl (C=O) groups excluding carboxylic acids is 1. The van der Waals surface area contributed by atoms with E-state index in [2.05, 4.69) is 19.1 Å². The standard InChI is InChI=1S/C29H53NO6/c1-5-9-10-11-12-13-14-15-16-17-18-19-20-21-22-23-30(24(6-2)27(31)32,25(7-3)28(33)34)26(8-4)29(35)36/h16-17,24-26H,5-15,18-23H2,1-4H3,(H2-,31,32,33,34,35,36)/b17-16+. The Bertz CT molecular complexity index is 593. The molecule has 7 nitrogen and oxygen atoms in total. The number of unbranched alkanes of at least 4 members (excludes halogenated alkanes) is 11. The predicted octanol–water partition coefficient (Wildman–Crippen LogP) is 5.71. The van der Waals surface area contributed by atoms with Crippen molar-refractivity contribution in [1.29, 1.82) is 0 Å². The third kappa shape index (κ3) is 11.4. The summed E-state index contributed by atoms with van der Waals surface area (Å²) in [7, 11) is 0. The quantitative estimate of drug-likeness (QED) is 0.0975. The molecule has 3 unspecified atom stereocenters. The topological polar surface area (TPSA) is 115 Å². The van der Waals surface area contributed by atoms with Crippen LogP contribution in [0.4, 0.5) is 0 Å². The van der Waals surface area contributed by atoms with Crippen LogP contribution in [0.5, 0.6) is 0 Å². The van der Waals surface area contributed by atoms with Gasteiger partial charge < -0.3 is 20.1 Å². The van der Waals surface area contributed by atoms with Gasteiger partial charge in [-0.2, -0.15) is 0 Å². The first-order chi connectivity index (χ1) is 17.2. The van der Waals surface area contributed by atoms with E-state index < -0.39 is 40.5 Å². The number of quaternary nitrogens is 1. The highest BCUT2D eigenvalue weighted by molar-refractivity contribution is 5.77. The van der Waals surface area contributed by atoms with Crippen molar-refractivity contribution < 1.29 is 34.2 Å². The minimum Gasteiger partial charge on any atom is -0.544 e. The highest BCUT2D eigenvalue weighted by Crippen LogP contribution is 2.32. The number of rotatable bonds is 24. The van der Waals surface area contributed by atoms with Crippen molar-refractivity contribution in [1.82, 2.24) is 0 Å². The smallest absolute Gasteiger partial charge is 0.362 e. The number of carboxylic acids is 3. The van der Waals surface area contributed by atoms with Crippen molar-refractivity contribution >= 4 is 17.9 Å². The molecule has 0 radical (unpaired) electrons. The van der Waals surface area contributed by atoms with Crippen molar-refractivity contribution in [2.75, 3.05) is 6.54 Å². The first kappa shape index (κ1) is 34.1. The molecule has 0 aliphatic rings. The number of hydrogen-bond donors (Lipinski definition) is 2. The second kappa shape index (κ2) is 20.2. The molecule has 3 atom stereocenters. The fraction of sp³-hybridized carbons (Fsp3) is 0.828. The van der Waals surface area contributed by atoms with Gasteiger partial charge in [0.1, 0.15) is 6.04 Å². The average molecular weight is 512 g/mol. The lowest BCUT2D eigenvalue weighted by atomic mass is 9.94. The lowest BCUT2D eigenvalue weighted by molar-refractivity contribution is -0.974. The molecule has 0 bridgehead atoms. The van der Waals surface area contributed by atoms with Gasteiger partial charge in [0.25, 0.3) is 0 Å². The van der Waals surface area contributed by atoms with Crippen LogP contribution in [0.2, 0.25) is 0 Å². The summed E-state index contributed by atoms with van der Waals surface area (Å²) in [5.74, 6) is -3.67. The van der Waals surface area contributed by atoms with Crippen LogP contribution >= 0.6 is 0 Å². The summed E-state index contributed by atoms with van der Waals surface area (Å²) in [5.41, 5.74) is 0. The molecule has 0 aromatic rings. The zero-order valence-corrected chi connectivity index (χ0v) is 23.4. The van der Waals surface area contributed by atoms with E-state index in [1.54, 1.807) is 20.8 Å². The second-order valence-corrected chi connectivity index (χ2v) is 10.1. The molecule has 0 heterocycles. The minimum absolute atomic E-state index is 0.124. The van der Waals surface area contributed by atoms with Crippen LogP contribution in [0.25, 0.3) is 0 Å². The third-order valence-corrected chi connectivity index (χ3v) is 7.55. The van der Waals surface area contributed by atoms with Gasteiger partial charge in [-0.1, -0.05) is 84.8 Å². The molecule has 0 aliphatic carbocycles. The number of allylic oxidation sites excluding steroid dienone is 2. The van der Waals surface area contributed by atoms with Gasteiger partial charge in [-0.3, -0.25) is 4.48 Å². The Morgan fingerprint density at radius 1 is 0.639 bits per heavy atom. The lowest BCUT2D eigenvalue weighted by Crippen LogP contribution is -2.73. The van der Waals surface area contributed by atoms with Gasteiger partial charge in [-0.05, 0) is 38.5 Å². The summed E-state index contributed by atoms with van der Waals surface area (Å²) in [6.07, 6.45) is 19.6. The highest BCUT2D eigenvalue weighted by atomic mass is 16.4. The number of hydrogen-bond acceptors (Lipinski definition) is 4. The molecule has 36 heavy (non-hydrogen) atoms. The van der Waals surface area contributed by atoms with Gasteiger partial charge in [0, 0.05) is 19.3 Å². The Balaban J connectivity index is 4.91.